The molecule has 0 saturated carbocycles. The lowest BCUT2D eigenvalue weighted by molar-refractivity contribution is -0.122. The second-order valence-corrected chi connectivity index (χ2v) is 5.57. The molecule has 6 heteroatoms. The first-order chi connectivity index (χ1) is 9.95. The van der Waals surface area contributed by atoms with Crippen LogP contribution in [0.15, 0.2) is 42.5 Å². The van der Waals surface area contributed by atoms with Crippen LogP contribution < -0.4 is 10.1 Å². The fourth-order valence-electron chi connectivity index (χ4n) is 1.60. The van der Waals surface area contributed by atoms with Gasteiger partial charge in [0.15, 0.2) is 6.10 Å². The molecule has 0 aromatic heterocycles. The van der Waals surface area contributed by atoms with Crippen LogP contribution in [0.5, 0.6) is 5.75 Å². The normalized spacial score (nSPS) is 11.8. The van der Waals surface area contributed by atoms with Crippen LogP contribution in [0.3, 0.4) is 0 Å². The van der Waals surface area contributed by atoms with Crippen LogP contribution in [-0.2, 0) is 4.79 Å². The van der Waals surface area contributed by atoms with Gasteiger partial charge >= 0.3 is 0 Å². The zero-order valence-electron chi connectivity index (χ0n) is 11.1. The molecule has 1 amide bonds. The Balaban J connectivity index is 2.00. The molecule has 0 saturated heterocycles. The Morgan fingerprint density at radius 3 is 2.48 bits per heavy atom. The minimum absolute atomic E-state index is 0.0838. The molecule has 0 radical (unpaired) electrons. The van der Waals surface area contributed by atoms with Gasteiger partial charge in [-0.05, 0) is 65.9 Å². The van der Waals surface area contributed by atoms with E-state index in [1.807, 2.05) is 12.1 Å². The van der Waals surface area contributed by atoms with Gasteiger partial charge in [-0.15, -0.1) is 0 Å². The molecule has 0 unspecified atom stereocenters. The number of hydrogen-bond acceptors (Lipinski definition) is 2. The summed E-state index contributed by atoms with van der Waals surface area (Å²) in [7, 11) is 0. The molecule has 0 aliphatic carbocycles. The summed E-state index contributed by atoms with van der Waals surface area (Å²) in [6, 6.07) is 10.1. The predicted molar refractivity (Wildman–Crippen MR) is 84.2 cm³/mol. The maximum atomic E-state index is 13.4. The van der Waals surface area contributed by atoms with E-state index in [-0.39, 0.29) is 5.69 Å². The molecule has 0 fully saturated rings. The lowest BCUT2D eigenvalue weighted by atomic mass is 10.2. The zero-order valence-corrected chi connectivity index (χ0v) is 13.2. The Hall–Kier alpha value is -1.70. The summed E-state index contributed by atoms with van der Waals surface area (Å²) in [5.74, 6) is -1.50. The summed E-state index contributed by atoms with van der Waals surface area (Å²) >= 11 is 2.16. The van der Waals surface area contributed by atoms with Gasteiger partial charge in [0, 0.05) is 9.64 Å². The molecule has 1 atom stereocenters. The van der Waals surface area contributed by atoms with E-state index in [9.17, 15) is 13.6 Å². The van der Waals surface area contributed by atoms with Crippen LogP contribution in [0, 0.1) is 15.2 Å². The summed E-state index contributed by atoms with van der Waals surface area (Å²) in [6.45, 7) is 1.55. The first-order valence-electron chi connectivity index (χ1n) is 6.14. The Morgan fingerprint density at radius 2 is 1.86 bits per heavy atom. The number of ether oxygens (including phenoxy) is 1. The van der Waals surface area contributed by atoms with E-state index in [2.05, 4.69) is 27.9 Å². The molecule has 2 aromatic rings. The van der Waals surface area contributed by atoms with E-state index in [0.29, 0.717) is 11.8 Å². The topological polar surface area (TPSA) is 38.3 Å². The highest BCUT2D eigenvalue weighted by molar-refractivity contribution is 14.1. The lowest BCUT2D eigenvalue weighted by Crippen LogP contribution is -2.30. The monoisotopic (exact) mass is 403 g/mol. The van der Waals surface area contributed by atoms with Gasteiger partial charge in [-0.3, -0.25) is 4.79 Å². The molecule has 1 N–H and O–H groups in total. The number of carbonyl (C=O) groups excluding carboxylic acids is 1. The molecule has 0 bridgehead atoms. The minimum Gasteiger partial charge on any atom is -0.481 e. The number of halogens is 3. The smallest absolute Gasteiger partial charge is 0.265 e. The quantitative estimate of drug-likeness (QED) is 0.785. The number of rotatable bonds is 4. The maximum absolute atomic E-state index is 13.4. The molecule has 3 nitrogen and oxygen atoms in total. The third kappa shape index (κ3) is 4.38. The van der Waals surface area contributed by atoms with Crippen LogP contribution in [-0.4, -0.2) is 12.0 Å². The molecule has 0 spiro atoms. The summed E-state index contributed by atoms with van der Waals surface area (Å²) in [5, 5.41) is 2.36. The summed E-state index contributed by atoms with van der Waals surface area (Å²) < 4.78 is 32.7. The molecule has 2 rings (SSSR count). The van der Waals surface area contributed by atoms with Crippen molar-refractivity contribution in [1.29, 1.82) is 0 Å². The highest BCUT2D eigenvalue weighted by atomic mass is 127. The van der Waals surface area contributed by atoms with Gasteiger partial charge < -0.3 is 10.1 Å². The third-order valence-corrected chi connectivity index (χ3v) is 3.40. The minimum atomic E-state index is -0.829. The molecular weight excluding hydrogens is 391 g/mol. The third-order valence-electron chi connectivity index (χ3n) is 2.68. The van der Waals surface area contributed by atoms with Crippen molar-refractivity contribution >= 4 is 34.2 Å². The van der Waals surface area contributed by atoms with E-state index in [1.54, 1.807) is 19.1 Å². The van der Waals surface area contributed by atoms with E-state index in [4.69, 9.17) is 4.74 Å². The molecular formula is C15H12F2INO2. The van der Waals surface area contributed by atoms with Crippen LogP contribution in [0.2, 0.25) is 0 Å². The van der Waals surface area contributed by atoms with Crippen LogP contribution in [0.25, 0.3) is 0 Å². The van der Waals surface area contributed by atoms with Crippen molar-refractivity contribution in [2.45, 2.75) is 13.0 Å². The Morgan fingerprint density at radius 1 is 1.19 bits per heavy atom. The highest BCUT2D eigenvalue weighted by Gasteiger charge is 2.16. The number of anilines is 1. The predicted octanol–water partition coefficient (Wildman–Crippen LogP) is 3.98. The standard InChI is InChI=1S/C15H12F2INO2/c1-9(21-12-5-3-11(18)4-6-12)15(20)19-14-7-2-10(16)8-13(14)17/h2-9H,1H3,(H,19,20)/t9-/m0/s1. The zero-order chi connectivity index (χ0) is 15.4. The maximum Gasteiger partial charge on any atom is 0.265 e. The number of hydrogen-bond donors (Lipinski definition) is 1. The van der Waals surface area contributed by atoms with E-state index in [1.165, 1.54) is 6.07 Å². The van der Waals surface area contributed by atoms with Gasteiger partial charge in [0.25, 0.3) is 5.91 Å². The average molecular weight is 403 g/mol. The van der Waals surface area contributed by atoms with Crippen LogP contribution >= 0.6 is 22.6 Å². The van der Waals surface area contributed by atoms with Crippen molar-refractivity contribution < 1.29 is 18.3 Å². The second kappa shape index (κ2) is 6.84. The van der Waals surface area contributed by atoms with Crippen molar-refractivity contribution in [2.75, 3.05) is 5.32 Å². The fourth-order valence-corrected chi connectivity index (χ4v) is 1.96. The van der Waals surface area contributed by atoms with Gasteiger partial charge in [0.1, 0.15) is 17.4 Å². The van der Waals surface area contributed by atoms with Crippen molar-refractivity contribution in [1.82, 2.24) is 0 Å². The molecule has 2 aromatic carbocycles. The summed E-state index contributed by atoms with van der Waals surface area (Å²) in [5.41, 5.74) is -0.0838. The van der Waals surface area contributed by atoms with Crippen LogP contribution in [0.1, 0.15) is 6.92 Å². The average Bonchev–Trinajstić information content (AvgIpc) is 2.44. The van der Waals surface area contributed by atoms with Gasteiger partial charge in [-0.1, -0.05) is 0 Å². The summed E-state index contributed by atoms with van der Waals surface area (Å²) in [6.07, 6.45) is -0.811. The van der Waals surface area contributed by atoms with E-state index in [0.717, 1.165) is 9.64 Å². The van der Waals surface area contributed by atoms with Crippen LogP contribution in [0.4, 0.5) is 14.5 Å². The number of nitrogens with one attached hydrogen (secondary N) is 1. The second-order valence-electron chi connectivity index (χ2n) is 4.33. The van der Waals surface area contributed by atoms with Crippen molar-refractivity contribution in [2.24, 2.45) is 0 Å². The van der Waals surface area contributed by atoms with Gasteiger partial charge in [-0.2, -0.15) is 0 Å². The first-order valence-corrected chi connectivity index (χ1v) is 7.22. The summed E-state index contributed by atoms with van der Waals surface area (Å²) in [4.78, 5) is 11.9. The van der Waals surface area contributed by atoms with Gasteiger partial charge in [0.2, 0.25) is 0 Å². The lowest BCUT2D eigenvalue weighted by Gasteiger charge is -2.15. The highest BCUT2D eigenvalue weighted by Crippen LogP contribution is 2.17. The molecule has 21 heavy (non-hydrogen) atoms. The Bertz CT molecular complexity index is 647. The Kier molecular flexibility index (Phi) is 5.11. The first kappa shape index (κ1) is 15.7. The number of amides is 1. The van der Waals surface area contributed by atoms with Crippen molar-refractivity contribution in [3.63, 3.8) is 0 Å². The van der Waals surface area contributed by atoms with E-state index >= 15 is 0 Å². The molecule has 110 valence electrons. The fraction of sp³-hybridized carbons (Fsp3) is 0.133. The number of carbonyl (C=O) groups is 1. The Labute approximate surface area is 134 Å². The largest absolute Gasteiger partial charge is 0.481 e. The molecule has 0 aliphatic heterocycles. The SMILES string of the molecule is C[C@H](Oc1ccc(I)cc1)C(=O)Nc1ccc(F)cc1F. The van der Waals surface area contributed by atoms with E-state index < -0.39 is 23.6 Å². The molecule has 0 heterocycles. The van der Waals surface area contributed by atoms with Crippen molar-refractivity contribution in [3.05, 3.63) is 57.7 Å². The number of benzene rings is 2. The molecule has 0 aliphatic rings. The van der Waals surface area contributed by atoms with Gasteiger partial charge in [0.05, 0.1) is 5.69 Å². The van der Waals surface area contributed by atoms with Crippen molar-refractivity contribution in [3.8, 4) is 5.75 Å². The van der Waals surface area contributed by atoms with Gasteiger partial charge in [-0.25, -0.2) is 8.78 Å².